The molecule has 0 aliphatic rings. The first kappa shape index (κ1) is 19.6. The standard InChI is InChI=1S/C22H24FN3O2/c1-3-28-19-7-5-4-6-16(19)10-13-20(27)25-21(22-24-14-15-26(22)2)17-8-11-18(23)12-9-17/h4-9,11-12,14-15,21H,3,10,13H2,1-2H3,(H,25,27). The Labute approximate surface area is 164 Å². The zero-order valence-corrected chi connectivity index (χ0v) is 16.1. The molecule has 1 unspecified atom stereocenters. The molecular formula is C22H24FN3O2. The number of ether oxygens (including phenoxy) is 1. The lowest BCUT2D eigenvalue weighted by Crippen LogP contribution is -2.31. The molecule has 1 aromatic heterocycles. The van der Waals surface area contributed by atoms with Gasteiger partial charge in [0.25, 0.3) is 0 Å². The van der Waals surface area contributed by atoms with Crippen LogP contribution in [-0.4, -0.2) is 22.1 Å². The Kier molecular flexibility index (Phi) is 6.42. The number of nitrogens with zero attached hydrogens (tertiary/aromatic N) is 2. The number of aromatic nitrogens is 2. The van der Waals surface area contributed by atoms with Gasteiger partial charge in [0.2, 0.25) is 5.91 Å². The quantitative estimate of drug-likeness (QED) is 0.646. The van der Waals surface area contributed by atoms with Crippen molar-refractivity contribution in [3.63, 3.8) is 0 Å². The van der Waals surface area contributed by atoms with Gasteiger partial charge in [0, 0.05) is 25.9 Å². The summed E-state index contributed by atoms with van der Waals surface area (Å²) in [5.41, 5.74) is 1.77. The van der Waals surface area contributed by atoms with Gasteiger partial charge in [0.05, 0.1) is 6.61 Å². The van der Waals surface area contributed by atoms with Gasteiger partial charge in [0.15, 0.2) is 0 Å². The molecule has 3 aromatic rings. The molecule has 0 aliphatic carbocycles. The van der Waals surface area contributed by atoms with Crippen molar-refractivity contribution in [3.05, 3.63) is 83.7 Å². The molecule has 1 heterocycles. The Morgan fingerprint density at radius 1 is 1.21 bits per heavy atom. The van der Waals surface area contributed by atoms with Crippen LogP contribution in [0.1, 0.15) is 36.3 Å². The lowest BCUT2D eigenvalue weighted by Gasteiger charge is -2.19. The van der Waals surface area contributed by atoms with E-state index in [1.807, 2.05) is 49.0 Å². The average molecular weight is 381 g/mol. The molecule has 0 fully saturated rings. The van der Waals surface area contributed by atoms with Crippen LogP contribution in [-0.2, 0) is 18.3 Å². The lowest BCUT2D eigenvalue weighted by atomic mass is 10.0. The number of carbonyl (C=O) groups excluding carboxylic acids is 1. The maximum Gasteiger partial charge on any atom is 0.221 e. The van der Waals surface area contributed by atoms with Crippen molar-refractivity contribution in [2.24, 2.45) is 7.05 Å². The number of hydrogen-bond donors (Lipinski definition) is 1. The molecule has 6 heteroatoms. The third kappa shape index (κ3) is 4.76. The third-order valence-electron chi connectivity index (χ3n) is 4.52. The zero-order valence-electron chi connectivity index (χ0n) is 16.1. The first-order valence-corrected chi connectivity index (χ1v) is 9.31. The summed E-state index contributed by atoms with van der Waals surface area (Å²) in [6, 6.07) is 13.4. The fraction of sp³-hybridized carbons (Fsp3) is 0.273. The highest BCUT2D eigenvalue weighted by Crippen LogP contribution is 2.22. The van der Waals surface area contributed by atoms with Crippen molar-refractivity contribution in [1.29, 1.82) is 0 Å². The second kappa shape index (κ2) is 9.17. The van der Waals surface area contributed by atoms with Crippen LogP contribution in [0.5, 0.6) is 5.75 Å². The molecule has 0 radical (unpaired) electrons. The van der Waals surface area contributed by atoms with Gasteiger partial charge < -0.3 is 14.6 Å². The molecule has 0 spiro atoms. The van der Waals surface area contributed by atoms with Gasteiger partial charge in [-0.2, -0.15) is 0 Å². The number of imidazole rings is 1. The summed E-state index contributed by atoms with van der Waals surface area (Å²) in [7, 11) is 1.86. The van der Waals surface area contributed by atoms with E-state index in [1.54, 1.807) is 18.3 Å². The Hall–Kier alpha value is -3.15. The van der Waals surface area contributed by atoms with E-state index in [2.05, 4.69) is 10.3 Å². The summed E-state index contributed by atoms with van der Waals surface area (Å²) in [5, 5.41) is 3.03. The topological polar surface area (TPSA) is 56.1 Å². The van der Waals surface area contributed by atoms with Crippen molar-refractivity contribution in [3.8, 4) is 5.75 Å². The number of carbonyl (C=O) groups is 1. The second-order valence-electron chi connectivity index (χ2n) is 6.49. The molecule has 1 atom stereocenters. The molecule has 2 aromatic carbocycles. The third-order valence-corrected chi connectivity index (χ3v) is 4.52. The lowest BCUT2D eigenvalue weighted by molar-refractivity contribution is -0.121. The zero-order chi connectivity index (χ0) is 19.9. The Morgan fingerprint density at radius 3 is 2.64 bits per heavy atom. The summed E-state index contributed by atoms with van der Waals surface area (Å²) >= 11 is 0. The van der Waals surface area contributed by atoms with E-state index in [0.717, 1.165) is 16.9 Å². The maximum atomic E-state index is 13.3. The molecular weight excluding hydrogens is 357 g/mol. The van der Waals surface area contributed by atoms with Crippen LogP contribution in [0.3, 0.4) is 0 Å². The Morgan fingerprint density at radius 2 is 1.96 bits per heavy atom. The largest absolute Gasteiger partial charge is 0.494 e. The van der Waals surface area contributed by atoms with Crippen LogP contribution in [0, 0.1) is 5.82 Å². The van der Waals surface area contributed by atoms with Gasteiger partial charge in [-0.1, -0.05) is 30.3 Å². The molecule has 1 N–H and O–H groups in total. The van der Waals surface area contributed by atoms with E-state index in [1.165, 1.54) is 12.1 Å². The second-order valence-corrected chi connectivity index (χ2v) is 6.49. The summed E-state index contributed by atoms with van der Waals surface area (Å²) in [5.74, 6) is 1.07. The summed E-state index contributed by atoms with van der Waals surface area (Å²) < 4.78 is 20.8. The predicted octanol–water partition coefficient (Wildman–Crippen LogP) is 3.80. The van der Waals surface area contributed by atoms with Gasteiger partial charge in [-0.05, 0) is 42.7 Å². The van der Waals surface area contributed by atoms with E-state index in [-0.39, 0.29) is 11.7 Å². The number of para-hydroxylation sites is 1. The van der Waals surface area contributed by atoms with Crippen LogP contribution in [0.15, 0.2) is 60.9 Å². The minimum absolute atomic E-state index is 0.108. The van der Waals surface area contributed by atoms with Gasteiger partial charge in [0.1, 0.15) is 23.4 Å². The number of hydrogen-bond acceptors (Lipinski definition) is 3. The van der Waals surface area contributed by atoms with Gasteiger partial charge in [-0.15, -0.1) is 0 Å². The van der Waals surface area contributed by atoms with Gasteiger partial charge >= 0.3 is 0 Å². The first-order chi connectivity index (χ1) is 13.6. The summed E-state index contributed by atoms with van der Waals surface area (Å²) in [6.45, 7) is 2.51. The molecule has 5 nitrogen and oxygen atoms in total. The van der Waals surface area contributed by atoms with Gasteiger partial charge in [-0.25, -0.2) is 9.37 Å². The summed E-state index contributed by atoms with van der Waals surface area (Å²) in [4.78, 5) is 17.0. The SMILES string of the molecule is CCOc1ccccc1CCC(=O)NC(c1ccc(F)cc1)c1nccn1C. The van der Waals surface area contributed by atoms with Crippen LogP contribution in [0.25, 0.3) is 0 Å². The van der Waals surface area contributed by atoms with Crippen molar-refractivity contribution in [1.82, 2.24) is 14.9 Å². The molecule has 0 bridgehead atoms. The van der Waals surface area contributed by atoms with E-state index in [0.29, 0.717) is 25.3 Å². The molecule has 28 heavy (non-hydrogen) atoms. The van der Waals surface area contributed by atoms with E-state index in [4.69, 9.17) is 4.74 Å². The fourth-order valence-electron chi connectivity index (χ4n) is 3.10. The normalized spacial score (nSPS) is 11.8. The monoisotopic (exact) mass is 381 g/mol. The van der Waals surface area contributed by atoms with Crippen LogP contribution >= 0.6 is 0 Å². The number of halogens is 1. The molecule has 146 valence electrons. The maximum absolute atomic E-state index is 13.3. The Balaban J connectivity index is 1.73. The van der Waals surface area contributed by atoms with Crippen molar-refractivity contribution >= 4 is 5.91 Å². The van der Waals surface area contributed by atoms with Crippen molar-refractivity contribution < 1.29 is 13.9 Å². The smallest absolute Gasteiger partial charge is 0.221 e. The van der Waals surface area contributed by atoms with E-state index in [9.17, 15) is 9.18 Å². The highest BCUT2D eigenvalue weighted by atomic mass is 19.1. The number of amides is 1. The molecule has 0 saturated carbocycles. The number of nitrogens with one attached hydrogen (secondary N) is 1. The number of aryl methyl sites for hydroxylation is 2. The van der Waals surface area contributed by atoms with Crippen LogP contribution in [0.4, 0.5) is 4.39 Å². The molecule has 3 rings (SSSR count). The number of rotatable bonds is 8. The van der Waals surface area contributed by atoms with Crippen LogP contribution < -0.4 is 10.1 Å². The van der Waals surface area contributed by atoms with Crippen LogP contribution in [0.2, 0.25) is 0 Å². The fourth-order valence-corrected chi connectivity index (χ4v) is 3.10. The van der Waals surface area contributed by atoms with Crippen molar-refractivity contribution in [2.75, 3.05) is 6.61 Å². The molecule has 0 aliphatic heterocycles. The summed E-state index contributed by atoms with van der Waals surface area (Å²) in [6.07, 6.45) is 4.37. The first-order valence-electron chi connectivity index (χ1n) is 9.31. The number of benzene rings is 2. The highest BCUT2D eigenvalue weighted by Gasteiger charge is 2.21. The Bertz CT molecular complexity index is 922. The van der Waals surface area contributed by atoms with E-state index >= 15 is 0 Å². The minimum atomic E-state index is -0.449. The van der Waals surface area contributed by atoms with Crippen molar-refractivity contribution in [2.45, 2.75) is 25.8 Å². The molecule has 0 saturated heterocycles. The highest BCUT2D eigenvalue weighted by molar-refractivity contribution is 5.77. The van der Waals surface area contributed by atoms with E-state index < -0.39 is 6.04 Å². The molecule has 1 amide bonds. The predicted molar refractivity (Wildman–Crippen MR) is 106 cm³/mol. The van der Waals surface area contributed by atoms with Gasteiger partial charge in [-0.3, -0.25) is 4.79 Å². The minimum Gasteiger partial charge on any atom is -0.494 e. The average Bonchev–Trinajstić information content (AvgIpc) is 3.12.